The molecule has 0 aliphatic rings. The van der Waals surface area contributed by atoms with Crippen molar-refractivity contribution in [3.8, 4) is 11.3 Å². The molecule has 0 amide bonds. The molecule has 4 nitrogen and oxygen atoms in total. The highest BCUT2D eigenvalue weighted by atomic mass is 16.3. The number of hydrogen-bond acceptors (Lipinski definition) is 4. The maximum atomic E-state index is 13.0. The molecule has 4 rings (SSSR count). The molecule has 2 aromatic heterocycles. The van der Waals surface area contributed by atoms with Crippen molar-refractivity contribution < 1.29 is 9.21 Å². The highest BCUT2D eigenvalue weighted by Crippen LogP contribution is 2.27. The molecule has 0 fully saturated rings. The molecular formula is C21H13NO3. The Morgan fingerprint density at radius 1 is 0.880 bits per heavy atom. The molecule has 0 saturated carbocycles. The summed E-state index contributed by atoms with van der Waals surface area (Å²) in [6, 6.07) is 19.1. The van der Waals surface area contributed by atoms with Crippen molar-refractivity contribution in [3.63, 3.8) is 0 Å². The van der Waals surface area contributed by atoms with Crippen molar-refractivity contribution >= 4 is 16.8 Å². The summed E-state index contributed by atoms with van der Waals surface area (Å²) >= 11 is 0. The summed E-state index contributed by atoms with van der Waals surface area (Å²) in [7, 11) is 0. The Morgan fingerprint density at radius 2 is 1.64 bits per heavy atom. The number of aromatic nitrogens is 1. The third kappa shape index (κ3) is 2.64. The summed E-state index contributed by atoms with van der Waals surface area (Å²) in [6.07, 6.45) is 3.20. The van der Waals surface area contributed by atoms with Gasteiger partial charge in [0.1, 0.15) is 11.1 Å². The van der Waals surface area contributed by atoms with E-state index in [1.807, 2.05) is 6.07 Å². The Hall–Kier alpha value is -3.53. The molecule has 4 aromatic rings. The number of pyridine rings is 1. The van der Waals surface area contributed by atoms with Crippen LogP contribution in [-0.2, 0) is 0 Å². The summed E-state index contributed by atoms with van der Waals surface area (Å²) in [5.74, 6) is -0.121. The molecule has 0 N–H and O–H groups in total. The lowest BCUT2D eigenvalue weighted by atomic mass is 9.98. The number of hydrogen-bond donors (Lipinski definition) is 0. The molecule has 0 bridgehead atoms. The molecule has 0 radical (unpaired) electrons. The zero-order valence-electron chi connectivity index (χ0n) is 13.2. The largest absolute Gasteiger partial charge is 0.455 e. The van der Waals surface area contributed by atoms with Gasteiger partial charge in [-0.25, -0.2) is 0 Å². The fourth-order valence-corrected chi connectivity index (χ4v) is 2.78. The number of rotatable bonds is 3. The number of fused-ring (bicyclic) bond motifs is 1. The minimum atomic E-state index is -0.362. The van der Waals surface area contributed by atoms with E-state index in [0.29, 0.717) is 22.1 Å². The van der Waals surface area contributed by atoms with Crippen molar-refractivity contribution in [2.75, 3.05) is 0 Å². The van der Waals surface area contributed by atoms with Gasteiger partial charge in [0.05, 0.1) is 5.39 Å². The normalized spacial score (nSPS) is 10.7. The quantitative estimate of drug-likeness (QED) is 0.532. The SMILES string of the molecule is O=C(c1ccccc1)c1c(-c2cccnc2)oc2ccccc2c1=O. The van der Waals surface area contributed by atoms with Crippen molar-refractivity contribution in [2.24, 2.45) is 0 Å². The monoisotopic (exact) mass is 327 g/mol. The number of benzene rings is 2. The smallest absolute Gasteiger partial charge is 0.204 e. The minimum Gasteiger partial charge on any atom is -0.455 e. The zero-order valence-corrected chi connectivity index (χ0v) is 13.2. The van der Waals surface area contributed by atoms with Crippen LogP contribution in [0.15, 0.2) is 88.3 Å². The Balaban J connectivity index is 2.06. The molecule has 0 unspecified atom stereocenters. The van der Waals surface area contributed by atoms with Crippen LogP contribution in [0, 0.1) is 0 Å². The van der Waals surface area contributed by atoms with Gasteiger partial charge in [-0.05, 0) is 24.3 Å². The van der Waals surface area contributed by atoms with E-state index in [4.69, 9.17) is 4.42 Å². The molecule has 0 aliphatic carbocycles. The van der Waals surface area contributed by atoms with Crippen LogP contribution in [0.4, 0.5) is 0 Å². The summed E-state index contributed by atoms with van der Waals surface area (Å²) in [4.78, 5) is 30.1. The first kappa shape index (κ1) is 15.0. The summed E-state index contributed by atoms with van der Waals surface area (Å²) < 4.78 is 5.94. The highest BCUT2D eigenvalue weighted by Gasteiger charge is 2.23. The maximum Gasteiger partial charge on any atom is 0.204 e. The predicted molar refractivity (Wildman–Crippen MR) is 95.6 cm³/mol. The predicted octanol–water partition coefficient (Wildman–Crippen LogP) is 4.09. The molecule has 4 heteroatoms. The molecule has 0 atom stereocenters. The standard InChI is InChI=1S/C21H13NO3/c23-19(14-7-2-1-3-8-14)18-20(24)16-10-4-5-11-17(16)25-21(18)15-9-6-12-22-13-15/h1-13H. The molecular weight excluding hydrogens is 314 g/mol. The Morgan fingerprint density at radius 3 is 2.40 bits per heavy atom. The van der Waals surface area contributed by atoms with Crippen molar-refractivity contribution in [1.29, 1.82) is 0 Å². The fourth-order valence-electron chi connectivity index (χ4n) is 2.78. The van der Waals surface area contributed by atoms with Crippen LogP contribution in [0.3, 0.4) is 0 Å². The fraction of sp³-hybridized carbons (Fsp3) is 0. The Labute approximate surface area is 143 Å². The minimum absolute atomic E-state index is 0.0258. The van der Waals surface area contributed by atoms with Crippen LogP contribution >= 0.6 is 0 Å². The zero-order chi connectivity index (χ0) is 17.2. The van der Waals surface area contributed by atoms with Crippen LogP contribution in [0.25, 0.3) is 22.3 Å². The van der Waals surface area contributed by atoms with Crippen LogP contribution in [0.2, 0.25) is 0 Å². The molecule has 2 aromatic carbocycles. The second kappa shape index (κ2) is 6.17. The van der Waals surface area contributed by atoms with Gasteiger partial charge in [0, 0.05) is 23.5 Å². The number of para-hydroxylation sites is 1. The van der Waals surface area contributed by atoms with Crippen LogP contribution in [0.1, 0.15) is 15.9 Å². The van der Waals surface area contributed by atoms with Crippen molar-refractivity contribution in [3.05, 3.63) is 100 Å². The number of carbonyl (C=O) groups excluding carboxylic acids is 1. The van der Waals surface area contributed by atoms with Gasteiger partial charge in [-0.2, -0.15) is 0 Å². The third-order valence-corrected chi connectivity index (χ3v) is 3.98. The Kier molecular flexibility index (Phi) is 3.71. The second-order valence-corrected chi connectivity index (χ2v) is 5.57. The molecule has 0 saturated heterocycles. The maximum absolute atomic E-state index is 13.0. The van der Waals surface area contributed by atoms with Crippen molar-refractivity contribution in [2.45, 2.75) is 0 Å². The second-order valence-electron chi connectivity index (χ2n) is 5.57. The van der Waals surface area contributed by atoms with Gasteiger partial charge >= 0.3 is 0 Å². The van der Waals surface area contributed by atoms with Gasteiger partial charge in [0.25, 0.3) is 0 Å². The molecule has 0 spiro atoms. The van der Waals surface area contributed by atoms with Crippen LogP contribution in [-0.4, -0.2) is 10.8 Å². The lowest BCUT2D eigenvalue weighted by molar-refractivity contribution is 0.103. The first-order valence-electron chi connectivity index (χ1n) is 7.81. The van der Waals surface area contributed by atoms with Crippen LogP contribution < -0.4 is 5.43 Å². The topological polar surface area (TPSA) is 60.2 Å². The molecule has 120 valence electrons. The summed E-state index contributed by atoms with van der Waals surface area (Å²) in [5, 5.41) is 0.384. The van der Waals surface area contributed by atoms with E-state index in [0.717, 1.165) is 0 Å². The average Bonchev–Trinajstić information content (AvgIpc) is 2.69. The first-order chi connectivity index (χ1) is 12.3. The number of carbonyl (C=O) groups is 1. The van der Waals surface area contributed by atoms with Gasteiger partial charge in [-0.15, -0.1) is 0 Å². The van der Waals surface area contributed by atoms with E-state index in [-0.39, 0.29) is 22.5 Å². The summed E-state index contributed by atoms with van der Waals surface area (Å²) in [6.45, 7) is 0. The van der Waals surface area contributed by atoms with Crippen LogP contribution in [0.5, 0.6) is 0 Å². The first-order valence-corrected chi connectivity index (χ1v) is 7.81. The average molecular weight is 327 g/mol. The van der Waals surface area contributed by atoms with E-state index in [2.05, 4.69) is 4.98 Å². The van der Waals surface area contributed by atoms with Gasteiger partial charge in [-0.1, -0.05) is 42.5 Å². The van der Waals surface area contributed by atoms with Gasteiger partial charge in [0.2, 0.25) is 11.2 Å². The van der Waals surface area contributed by atoms with Crippen molar-refractivity contribution in [1.82, 2.24) is 4.98 Å². The summed E-state index contributed by atoms with van der Waals surface area (Å²) in [5.41, 5.74) is 1.16. The van der Waals surface area contributed by atoms with E-state index in [1.54, 1.807) is 73.1 Å². The highest BCUT2D eigenvalue weighted by molar-refractivity contribution is 6.13. The van der Waals surface area contributed by atoms with E-state index < -0.39 is 0 Å². The number of nitrogens with zero attached hydrogens (tertiary/aromatic N) is 1. The van der Waals surface area contributed by atoms with Gasteiger partial charge in [-0.3, -0.25) is 14.6 Å². The van der Waals surface area contributed by atoms with Gasteiger partial charge in [0.15, 0.2) is 5.76 Å². The van der Waals surface area contributed by atoms with E-state index >= 15 is 0 Å². The lowest BCUT2D eigenvalue weighted by Crippen LogP contribution is -2.18. The Bertz CT molecular complexity index is 1120. The van der Waals surface area contributed by atoms with E-state index in [1.165, 1.54) is 0 Å². The van der Waals surface area contributed by atoms with E-state index in [9.17, 15) is 9.59 Å². The lowest BCUT2D eigenvalue weighted by Gasteiger charge is -2.09. The van der Waals surface area contributed by atoms with Gasteiger partial charge < -0.3 is 4.42 Å². The third-order valence-electron chi connectivity index (χ3n) is 3.98. The molecule has 0 aliphatic heterocycles. The molecule has 25 heavy (non-hydrogen) atoms. The number of ketones is 1. The molecule has 2 heterocycles.